The smallest absolute Gasteiger partial charge is 0.326 e. The minimum absolute atomic E-state index is 0.0409. The zero-order valence-corrected chi connectivity index (χ0v) is 25.1. The lowest BCUT2D eigenvalue weighted by atomic mass is 10.0. The number of aromatic amines is 2. The number of H-pyrrole nitrogens is 2. The number of carbonyl (C=O) groups excluding carboxylic acids is 4. The first-order valence-corrected chi connectivity index (χ1v) is 14.7. The van der Waals surface area contributed by atoms with Crippen molar-refractivity contribution >= 4 is 51.4 Å². The molecule has 4 unspecified atom stereocenters. The van der Waals surface area contributed by atoms with Crippen LogP contribution >= 0.6 is 0 Å². The number of carboxylic acids is 1. The number of nitrogens with two attached hydrogens (primary N) is 2. The van der Waals surface area contributed by atoms with Gasteiger partial charge < -0.3 is 42.5 Å². The van der Waals surface area contributed by atoms with Crippen molar-refractivity contribution in [2.24, 2.45) is 17.4 Å². The van der Waals surface area contributed by atoms with Gasteiger partial charge in [-0.3, -0.25) is 19.2 Å². The fourth-order valence-corrected chi connectivity index (χ4v) is 5.30. The standard InChI is InChI=1S/C32H39N7O6/c1-17(2)11-22(33)29(41)37-25(12-18-15-35-23-9-5-3-7-20(18)23)30(42)38-26(14-28(34)40)31(43)39-27(32(44)45)13-19-16-36-24-10-6-4-8-21(19)24/h3-10,15-17,22,25-27,35-36H,11-14,33H2,1-2H3,(H2,34,40)(H,37,41)(H,38,42)(H,39,43)(H,44,45). The van der Waals surface area contributed by atoms with Crippen molar-refractivity contribution in [2.75, 3.05) is 0 Å². The summed E-state index contributed by atoms with van der Waals surface area (Å²) >= 11 is 0. The van der Waals surface area contributed by atoms with E-state index in [0.717, 1.165) is 27.4 Å². The van der Waals surface area contributed by atoms with Gasteiger partial charge in [-0.05, 0) is 35.6 Å². The highest BCUT2D eigenvalue weighted by molar-refractivity contribution is 5.97. The number of hydrogen-bond acceptors (Lipinski definition) is 6. The Morgan fingerprint density at radius 3 is 1.71 bits per heavy atom. The molecule has 238 valence electrons. The van der Waals surface area contributed by atoms with Crippen LogP contribution in [-0.4, -0.2) is 68.8 Å². The molecule has 4 amide bonds. The second-order valence-corrected chi connectivity index (χ2v) is 11.6. The number of carboxylic acid groups (broad SMARTS) is 1. The molecule has 13 nitrogen and oxygen atoms in total. The lowest BCUT2D eigenvalue weighted by Gasteiger charge is -2.25. The summed E-state index contributed by atoms with van der Waals surface area (Å²) in [5, 5.41) is 19.2. The molecule has 4 aromatic rings. The maximum absolute atomic E-state index is 13.7. The minimum Gasteiger partial charge on any atom is -0.480 e. The third kappa shape index (κ3) is 8.48. The van der Waals surface area contributed by atoms with Gasteiger partial charge in [-0.15, -0.1) is 0 Å². The first-order valence-electron chi connectivity index (χ1n) is 14.7. The normalized spacial score (nSPS) is 14.0. The first-order chi connectivity index (χ1) is 21.4. The fraction of sp³-hybridized carbons (Fsp3) is 0.344. The van der Waals surface area contributed by atoms with Gasteiger partial charge in [0, 0.05) is 47.0 Å². The molecule has 0 saturated carbocycles. The Morgan fingerprint density at radius 1 is 0.733 bits per heavy atom. The minimum atomic E-state index is -1.51. The Labute approximate surface area is 259 Å². The van der Waals surface area contributed by atoms with Crippen LogP contribution in [0.4, 0.5) is 0 Å². The van der Waals surface area contributed by atoms with Crippen LogP contribution < -0.4 is 27.4 Å². The predicted molar refractivity (Wildman–Crippen MR) is 169 cm³/mol. The third-order valence-corrected chi connectivity index (χ3v) is 7.55. The molecule has 0 aliphatic heterocycles. The second-order valence-electron chi connectivity index (χ2n) is 11.6. The van der Waals surface area contributed by atoms with E-state index in [4.69, 9.17) is 11.5 Å². The van der Waals surface area contributed by atoms with Gasteiger partial charge in [0.25, 0.3) is 0 Å². The summed E-state index contributed by atoms with van der Waals surface area (Å²) in [7, 11) is 0. The van der Waals surface area contributed by atoms with Gasteiger partial charge in [0.2, 0.25) is 23.6 Å². The predicted octanol–water partition coefficient (Wildman–Crippen LogP) is 1.22. The van der Waals surface area contributed by atoms with Crippen LogP contribution in [0.2, 0.25) is 0 Å². The number of aliphatic carboxylic acids is 1. The Balaban J connectivity index is 1.54. The number of benzene rings is 2. The highest BCUT2D eigenvalue weighted by Crippen LogP contribution is 2.21. The molecule has 13 heteroatoms. The average molecular weight is 618 g/mol. The number of aromatic nitrogens is 2. The van der Waals surface area contributed by atoms with Crippen molar-refractivity contribution in [2.45, 2.75) is 63.7 Å². The van der Waals surface area contributed by atoms with E-state index in [1.165, 1.54) is 0 Å². The third-order valence-electron chi connectivity index (χ3n) is 7.55. The van der Waals surface area contributed by atoms with Gasteiger partial charge in [-0.2, -0.15) is 0 Å². The molecule has 2 aromatic carbocycles. The van der Waals surface area contributed by atoms with Gasteiger partial charge in [-0.1, -0.05) is 50.2 Å². The summed E-state index contributed by atoms with van der Waals surface area (Å²) in [6.07, 6.45) is 3.15. The Hall–Kier alpha value is -5.17. The molecule has 0 saturated heterocycles. The molecule has 0 aliphatic rings. The molecule has 0 fully saturated rings. The molecule has 4 atom stereocenters. The summed E-state index contributed by atoms with van der Waals surface area (Å²) in [4.78, 5) is 70.3. The van der Waals surface area contributed by atoms with Crippen molar-refractivity contribution in [1.82, 2.24) is 25.9 Å². The van der Waals surface area contributed by atoms with Crippen molar-refractivity contribution in [3.05, 3.63) is 72.1 Å². The Morgan fingerprint density at radius 2 is 1.20 bits per heavy atom. The van der Waals surface area contributed by atoms with Gasteiger partial charge in [0.1, 0.15) is 18.1 Å². The average Bonchev–Trinajstić information content (AvgIpc) is 3.59. The molecule has 45 heavy (non-hydrogen) atoms. The molecular formula is C32H39N7O6. The number of hydrogen-bond donors (Lipinski definition) is 8. The zero-order valence-electron chi connectivity index (χ0n) is 25.1. The van der Waals surface area contributed by atoms with E-state index in [1.807, 2.05) is 62.4 Å². The van der Waals surface area contributed by atoms with E-state index >= 15 is 0 Å². The van der Waals surface area contributed by atoms with E-state index in [9.17, 15) is 29.1 Å². The lowest BCUT2D eigenvalue weighted by molar-refractivity contribution is -0.142. The topological polar surface area (TPSA) is 225 Å². The molecule has 0 spiro atoms. The molecule has 0 bridgehead atoms. The van der Waals surface area contributed by atoms with E-state index in [-0.39, 0.29) is 18.8 Å². The van der Waals surface area contributed by atoms with Crippen LogP contribution in [0, 0.1) is 5.92 Å². The molecule has 4 rings (SSSR count). The summed E-state index contributed by atoms with van der Waals surface area (Å²) < 4.78 is 0. The van der Waals surface area contributed by atoms with E-state index < -0.39 is 60.2 Å². The number of fused-ring (bicyclic) bond motifs is 2. The fourth-order valence-electron chi connectivity index (χ4n) is 5.30. The maximum atomic E-state index is 13.7. The quantitative estimate of drug-likeness (QED) is 0.0972. The summed E-state index contributed by atoms with van der Waals surface area (Å²) in [6.45, 7) is 3.83. The van der Waals surface area contributed by atoms with Crippen LogP contribution in [0.5, 0.6) is 0 Å². The monoisotopic (exact) mass is 617 g/mol. The highest BCUT2D eigenvalue weighted by atomic mass is 16.4. The number of primary amides is 1. The van der Waals surface area contributed by atoms with E-state index in [0.29, 0.717) is 12.0 Å². The van der Waals surface area contributed by atoms with Crippen molar-refractivity contribution in [3.63, 3.8) is 0 Å². The largest absolute Gasteiger partial charge is 0.480 e. The number of para-hydroxylation sites is 2. The molecular weight excluding hydrogens is 578 g/mol. The number of rotatable bonds is 15. The summed E-state index contributed by atoms with van der Waals surface area (Å²) in [6, 6.07) is 9.80. The van der Waals surface area contributed by atoms with Crippen LogP contribution in [-0.2, 0) is 36.8 Å². The Kier molecular flexibility index (Phi) is 10.6. The molecule has 0 radical (unpaired) electrons. The maximum Gasteiger partial charge on any atom is 0.326 e. The first kappa shape index (κ1) is 32.7. The molecule has 0 aliphatic carbocycles. The molecule has 2 heterocycles. The van der Waals surface area contributed by atoms with Gasteiger partial charge in [0.15, 0.2) is 0 Å². The molecule has 10 N–H and O–H groups in total. The van der Waals surface area contributed by atoms with Crippen LogP contribution in [0.3, 0.4) is 0 Å². The lowest BCUT2D eigenvalue weighted by Crippen LogP contribution is -2.58. The number of carbonyl (C=O) groups is 5. The summed E-state index contributed by atoms with van der Waals surface area (Å²) in [5.41, 5.74) is 14.5. The molecule has 2 aromatic heterocycles. The number of nitrogens with one attached hydrogen (secondary N) is 5. The summed E-state index contributed by atoms with van der Waals surface area (Å²) in [5.74, 6) is -4.30. The van der Waals surface area contributed by atoms with Gasteiger partial charge in [0.05, 0.1) is 12.5 Å². The van der Waals surface area contributed by atoms with Crippen molar-refractivity contribution in [3.8, 4) is 0 Å². The van der Waals surface area contributed by atoms with Crippen LogP contribution in [0.1, 0.15) is 37.8 Å². The Bertz CT molecular complexity index is 1690. The SMILES string of the molecule is CC(C)CC(N)C(=O)NC(Cc1c[nH]c2ccccc12)C(=O)NC(CC(N)=O)C(=O)NC(Cc1c[nH]c2ccccc12)C(=O)O. The number of amides is 4. The van der Waals surface area contributed by atoms with E-state index in [2.05, 4.69) is 25.9 Å². The van der Waals surface area contributed by atoms with Crippen molar-refractivity contribution < 1.29 is 29.1 Å². The highest BCUT2D eigenvalue weighted by Gasteiger charge is 2.32. The zero-order chi connectivity index (χ0) is 32.7. The second kappa shape index (κ2) is 14.5. The van der Waals surface area contributed by atoms with Gasteiger partial charge in [-0.25, -0.2) is 4.79 Å². The van der Waals surface area contributed by atoms with Crippen LogP contribution in [0.15, 0.2) is 60.9 Å². The van der Waals surface area contributed by atoms with Crippen molar-refractivity contribution in [1.29, 1.82) is 0 Å². The van der Waals surface area contributed by atoms with E-state index in [1.54, 1.807) is 12.4 Å². The van der Waals surface area contributed by atoms with Gasteiger partial charge >= 0.3 is 5.97 Å². The van der Waals surface area contributed by atoms with Crippen LogP contribution in [0.25, 0.3) is 21.8 Å².